The van der Waals surface area contributed by atoms with Crippen molar-refractivity contribution in [1.82, 2.24) is 0 Å². The van der Waals surface area contributed by atoms with Crippen LogP contribution in [0.3, 0.4) is 0 Å². The van der Waals surface area contributed by atoms with E-state index in [9.17, 15) is 39.9 Å². The molecule has 0 radical (unpaired) electrons. The van der Waals surface area contributed by atoms with Crippen molar-refractivity contribution >= 4 is 17.5 Å². The zero-order valence-corrected chi connectivity index (χ0v) is 22.8. The topological polar surface area (TPSA) is 180 Å². The van der Waals surface area contributed by atoms with Gasteiger partial charge in [0.15, 0.2) is 18.2 Å². The minimum Gasteiger partial charge on any atom is -0.467 e. The molecule has 4 aliphatic carbocycles. The lowest BCUT2D eigenvalue weighted by atomic mass is 9.44. The van der Waals surface area contributed by atoms with Crippen molar-refractivity contribution in [2.45, 2.75) is 108 Å². The Kier molecular flexibility index (Phi) is 7.53. The van der Waals surface area contributed by atoms with E-state index in [0.717, 1.165) is 20.0 Å². The summed E-state index contributed by atoms with van der Waals surface area (Å²) >= 11 is 0. The minimum atomic E-state index is -1.68. The molecule has 1 aliphatic heterocycles. The van der Waals surface area contributed by atoms with Crippen LogP contribution in [0.15, 0.2) is 0 Å². The van der Waals surface area contributed by atoms with Gasteiger partial charge in [-0.2, -0.15) is 0 Å². The van der Waals surface area contributed by atoms with Gasteiger partial charge in [0, 0.05) is 17.8 Å². The van der Waals surface area contributed by atoms with E-state index in [1.165, 1.54) is 0 Å². The maximum atomic E-state index is 13.8. The highest BCUT2D eigenvalue weighted by molar-refractivity contribution is 5.92. The van der Waals surface area contributed by atoms with E-state index in [1.54, 1.807) is 0 Å². The Morgan fingerprint density at radius 2 is 1.74 bits per heavy atom. The first-order valence-corrected chi connectivity index (χ1v) is 14.1. The summed E-state index contributed by atoms with van der Waals surface area (Å²) in [4.78, 5) is 38.4. The van der Waals surface area contributed by atoms with E-state index >= 15 is 0 Å². The Balaban J connectivity index is 1.30. The zero-order valence-electron chi connectivity index (χ0n) is 22.8. The maximum absolute atomic E-state index is 13.8. The molecule has 0 aromatic carbocycles. The lowest BCUT2D eigenvalue weighted by Crippen LogP contribution is -2.63. The van der Waals surface area contributed by atoms with Gasteiger partial charge in [0.25, 0.3) is 0 Å². The average molecular weight is 555 g/mol. The molecule has 0 aromatic rings. The number of aliphatic hydroxyl groups excluding tert-OH is 4. The quantitative estimate of drug-likeness (QED) is 0.226. The van der Waals surface area contributed by atoms with Gasteiger partial charge in [-0.05, 0) is 68.1 Å². The Labute approximate surface area is 227 Å². The first kappa shape index (κ1) is 29.0. The molecular formula is C28H42O11. The van der Waals surface area contributed by atoms with Crippen LogP contribution < -0.4 is 0 Å². The Morgan fingerprint density at radius 3 is 2.41 bits per heavy atom. The second-order valence-electron chi connectivity index (χ2n) is 13.0. The number of esters is 1. The van der Waals surface area contributed by atoms with Crippen LogP contribution >= 0.6 is 0 Å². The average Bonchev–Trinajstić information content (AvgIpc) is 3.18. The third kappa shape index (κ3) is 4.23. The molecule has 5 N–H and O–H groups in total. The fourth-order valence-electron chi connectivity index (χ4n) is 9.21. The van der Waals surface area contributed by atoms with Crippen molar-refractivity contribution in [3.63, 3.8) is 0 Å². The van der Waals surface area contributed by atoms with Gasteiger partial charge < -0.3 is 39.7 Å². The number of Topliss-reactive ketones (excluding diaryl/α,β-unsaturated/α-hetero) is 2. The fraction of sp³-hybridized carbons (Fsp3) is 0.893. The van der Waals surface area contributed by atoms with Crippen LogP contribution in [-0.4, -0.2) is 99.2 Å². The molecule has 1 heterocycles. The van der Waals surface area contributed by atoms with Crippen LogP contribution in [0, 0.1) is 34.5 Å². The van der Waals surface area contributed by atoms with Crippen LogP contribution in [0.2, 0.25) is 0 Å². The van der Waals surface area contributed by atoms with E-state index < -0.39 is 60.1 Å². The number of fused-ring (bicyclic) bond motifs is 5. The molecule has 11 nitrogen and oxygen atoms in total. The molecule has 13 atom stereocenters. The number of ether oxygens (including phenoxy) is 3. The van der Waals surface area contributed by atoms with Crippen molar-refractivity contribution in [3.8, 4) is 0 Å². The van der Waals surface area contributed by atoms with Crippen LogP contribution in [0.5, 0.6) is 0 Å². The highest BCUT2D eigenvalue weighted by atomic mass is 16.7. The number of hydrogen-bond donors (Lipinski definition) is 5. The van der Waals surface area contributed by atoms with Crippen molar-refractivity contribution < 1.29 is 54.1 Å². The molecule has 220 valence electrons. The first-order chi connectivity index (χ1) is 18.3. The second kappa shape index (κ2) is 10.1. The number of hydrogen-bond acceptors (Lipinski definition) is 11. The third-order valence-electron chi connectivity index (χ3n) is 11.4. The molecule has 0 bridgehead atoms. The third-order valence-corrected chi connectivity index (χ3v) is 11.4. The van der Waals surface area contributed by atoms with Gasteiger partial charge >= 0.3 is 5.97 Å². The van der Waals surface area contributed by atoms with E-state index in [0.29, 0.717) is 25.7 Å². The van der Waals surface area contributed by atoms with E-state index in [-0.39, 0.29) is 53.8 Å². The van der Waals surface area contributed by atoms with Gasteiger partial charge in [0.2, 0.25) is 0 Å². The maximum Gasteiger partial charge on any atom is 0.337 e. The number of aliphatic hydroxyl groups is 5. The summed E-state index contributed by atoms with van der Waals surface area (Å²) in [5.41, 5.74) is -2.86. The molecule has 5 fully saturated rings. The Hall–Kier alpha value is -1.47. The van der Waals surface area contributed by atoms with Crippen LogP contribution in [0.1, 0.15) is 65.2 Å². The molecule has 5 rings (SSSR count). The smallest absolute Gasteiger partial charge is 0.337 e. The van der Waals surface area contributed by atoms with Gasteiger partial charge in [-0.25, -0.2) is 4.79 Å². The number of methoxy groups -OCH3 is 1. The molecule has 0 spiro atoms. The predicted octanol–water partition coefficient (Wildman–Crippen LogP) is -0.134. The molecule has 0 amide bonds. The summed E-state index contributed by atoms with van der Waals surface area (Å²) in [6, 6.07) is 0. The summed E-state index contributed by atoms with van der Waals surface area (Å²) in [7, 11) is 1.13. The van der Waals surface area contributed by atoms with E-state index in [2.05, 4.69) is 11.7 Å². The van der Waals surface area contributed by atoms with E-state index in [1.807, 2.05) is 6.92 Å². The lowest BCUT2D eigenvalue weighted by molar-refractivity contribution is -0.309. The standard InChI is InChI=1S/C28H42O11/c1-26-8-6-14(38-25-22(34)20(32)21(33)23(39-25)24(35)37-3)10-13(26)4-5-15-16-7-9-28(36,18(31)12-29)27(16,2)11-17(30)19(15)26/h13-16,19-23,25,29,32-34,36H,4-12H2,1-3H3/t13-,14+,15-,16-,19+,20-,21-,22+,23-,25+,26-,27-,28-/m0/s1. The molecule has 5 aliphatic rings. The van der Waals surface area contributed by atoms with Crippen molar-refractivity contribution in [2.75, 3.05) is 13.7 Å². The molecule has 39 heavy (non-hydrogen) atoms. The summed E-state index contributed by atoms with van der Waals surface area (Å²) in [5, 5.41) is 51.8. The number of carbonyl (C=O) groups is 3. The van der Waals surface area contributed by atoms with Gasteiger partial charge in [-0.3, -0.25) is 9.59 Å². The normalized spacial score (nSPS) is 51.4. The highest BCUT2D eigenvalue weighted by Gasteiger charge is 2.69. The minimum absolute atomic E-state index is 0.0152. The number of carbonyl (C=O) groups excluding carboxylic acids is 3. The van der Waals surface area contributed by atoms with Gasteiger partial charge in [-0.1, -0.05) is 13.8 Å². The molecule has 4 saturated carbocycles. The molecule has 11 heteroatoms. The van der Waals surface area contributed by atoms with E-state index in [4.69, 9.17) is 9.47 Å². The van der Waals surface area contributed by atoms with Crippen molar-refractivity contribution in [2.24, 2.45) is 34.5 Å². The van der Waals surface area contributed by atoms with Gasteiger partial charge in [0.1, 0.15) is 36.3 Å². The van der Waals surface area contributed by atoms with Crippen molar-refractivity contribution in [1.29, 1.82) is 0 Å². The number of rotatable bonds is 5. The SMILES string of the molecule is COC(=O)[C@H]1O[C@@H](O[C@@H]2CC[C@@]3(C)[C@@H](CC[C@@H]4[C@@H]3C(=O)C[C@@]3(C)[C@H]4CC[C@]3(O)C(=O)CO)C2)[C@H](O)[C@@H](O)[C@@H]1O. The lowest BCUT2D eigenvalue weighted by Gasteiger charge is -2.60. The van der Waals surface area contributed by atoms with Crippen LogP contribution in [-0.2, 0) is 28.6 Å². The monoisotopic (exact) mass is 554 g/mol. The first-order valence-electron chi connectivity index (χ1n) is 14.1. The summed E-state index contributed by atoms with van der Waals surface area (Å²) in [6.45, 7) is 3.26. The highest BCUT2D eigenvalue weighted by Crippen LogP contribution is 2.67. The fourth-order valence-corrected chi connectivity index (χ4v) is 9.21. The molecular weight excluding hydrogens is 512 g/mol. The zero-order chi connectivity index (χ0) is 28.5. The molecule has 0 unspecified atom stereocenters. The summed E-state index contributed by atoms with van der Waals surface area (Å²) < 4.78 is 16.2. The predicted molar refractivity (Wildman–Crippen MR) is 133 cm³/mol. The van der Waals surface area contributed by atoms with Gasteiger partial charge in [-0.15, -0.1) is 0 Å². The summed E-state index contributed by atoms with van der Waals surface area (Å²) in [6.07, 6.45) is -3.49. The Bertz CT molecular complexity index is 1000. The van der Waals surface area contributed by atoms with Gasteiger partial charge in [0.05, 0.1) is 13.2 Å². The van der Waals surface area contributed by atoms with Crippen LogP contribution in [0.4, 0.5) is 0 Å². The second-order valence-corrected chi connectivity index (χ2v) is 13.0. The molecule has 1 saturated heterocycles. The van der Waals surface area contributed by atoms with Crippen molar-refractivity contribution in [3.05, 3.63) is 0 Å². The molecule has 0 aromatic heterocycles. The number of ketones is 2. The summed E-state index contributed by atoms with van der Waals surface area (Å²) in [5.74, 6) is -1.38. The largest absolute Gasteiger partial charge is 0.467 e. The Morgan fingerprint density at radius 1 is 1.03 bits per heavy atom. The van der Waals surface area contributed by atoms with Crippen LogP contribution in [0.25, 0.3) is 0 Å².